The van der Waals surface area contributed by atoms with Crippen molar-refractivity contribution in [3.8, 4) is 22.9 Å². The third kappa shape index (κ3) is 3.89. The summed E-state index contributed by atoms with van der Waals surface area (Å²) in [5.74, 6) is 1.51. The SMILES string of the molecule is COc1ccc(NC(=O)c2cccc(-c3nnnn3C(C)C)c2)cc1OC. The van der Waals surface area contributed by atoms with Crippen LogP contribution in [0.5, 0.6) is 11.5 Å². The van der Waals surface area contributed by atoms with Crippen LogP contribution in [0.4, 0.5) is 5.69 Å². The molecule has 27 heavy (non-hydrogen) atoms. The van der Waals surface area contributed by atoms with Gasteiger partial charge < -0.3 is 14.8 Å². The maximum Gasteiger partial charge on any atom is 0.255 e. The van der Waals surface area contributed by atoms with Crippen LogP contribution in [0.15, 0.2) is 42.5 Å². The Hall–Kier alpha value is -3.42. The summed E-state index contributed by atoms with van der Waals surface area (Å²) in [4.78, 5) is 12.7. The summed E-state index contributed by atoms with van der Waals surface area (Å²) >= 11 is 0. The van der Waals surface area contributed by atoms with Gasteiger partial charge in [-0.3, -0.25) is 4.79 Å². The first-order chi connectivity index (χ1) is 13.0. The van der Waals surface area contributed by atoms with E-state index in [0.717, 1.165) is 5.56 Å². The van der Waals surface area contributed by atoms with Gasteiger partial charge in [-0.05, 0) is 48.5 Å². The molecule has 140 valence electrons. The fourth-order valence-corrected chi connectivity index (χ4v) is 2.65. The molecule has 0 aliphatic rings. The van der Waals surface area contributed by atoms with Gasteiger partial charge in [0.05, 0.1) is 20.3 Å². The highest BCUT2D eigenvalue weighted by molar-refractivity contribution is 6.05. The molecular weight excluding hydrogens is 346 g/mol. The fraction of sp³-hybridized carbons (Fsp3) is 0.263. The zero-order valence-electron chi connectivity index (χ0n) is 15.6. The molecule has 3 rings (SSSR count). The zero-order valence-corrected chi connectivity index (χ0v) is 15.6. The van der Waals surface area contributed by atoms with Gasteiger partial charge in [-0.15, -0.1) is 5.10 Å². The second-order valence-electron chi connectivity index (χ2n) is 6.15. The standard InChI is InChI=1S/C19H21N5O3/c1-12(2)24-18(21-22-23-24)13-6-5-7-14(10-13)19(25)20-15-8-9-16(26-3)17(11-15)27-4/h5-12H,1-4H3,(H,20,25). The van der Waals surface area contributed by atoms with Gasteiger partial charge in [0, 0.05) is 22.9 Å². The Kier molecular flexibility index (Phi) is 5.35. The molecule has 8 nitrogen and oxygen atoms in total. The summed E-state index contributed by atoms with van der Waals surface area (Å²) in [7, 11) is 3.11. The van der Waals surface area contributed by atoms with E-state index in [0.29, 0.717) is 28.6 Å². The molecule has 0 aliphatic carbocycles. The van der Waals surface area contributed by atoms with Crippen molar-refractivity contribution in [1.82, 2.24) is 20.2 Å². The van der Waals surface area contributed by atoms with Crippen molar-refractivity contribution in [2.75, 3.05) is 19.5 Å². The molecule has 0 radical (unpaired) electrons. The molecule has 1 N–H and O–H groups in total. The predicted octanol–water partition coefficient (Wildman–Crippen LogP) is 3.19. The summed E-state index contributed by atoms with van der Waals surface area (Å²) in [6.45, 7) is 3.99. The van der Waals surface area contributed by atoms with Crippen LogP contribution in [0.1, 0.15) is 30.2 Å². The lowest BCUT2D eigenvalue weighted by molar-refractivity contribution is 0.102. The largest absolute Gasteiger partial charge is 0.493 e. The van der Waals surface area contributed by atoms with E-state index in [1.54, 1.807) is 55.3 Å². The van der Waals surface area contributed by atoms with Gasteiger partial charge in [-0.2, -0.15) is 0 Å². The van der Waals surface area contributed by atoms with Crippen molar-refractivity contribution >= 4 is 11.6 Å². The summed E-state index contributed by atoms with van der Waals surface area (Å²) in [5, 5.41) is 14.7. The summed E-state index contributed by atoms with van der Waals surface area (Å²) < 4.78 is 12.2. The summed E-state index contributed by atoms with van der Waals surface area (Å²) in [6.07, 6.45) is 0. The second kappa shape index (κ2) is 7.86. The Labute approximate surface area is 157 Å². The molecule has 8 heteroatoms. The van der Waals surface area contributed by atoms with Crippen LogP contribution in [0.3, 0.4) is 0 Å². The predicted molar refractivity (Wildman–Crippen MR) is 101 cm³/mol. The number of ether oxygens (including phenoxy) is 2. The lowest BCUT2D eigenvalue weighted by Crippen LogP contribution is -2.12. The van der Waals surface area contributed by atoms with E-state index in [1.165, 1.54) is 0 Å². The summed E-state index contributed by atoms with van der Waals surface area (Å²) in [5.41, 5.74) is 1.88. The van der Waals surface area contributed by atoms with Gasteiger partial charge in [0.1, 0.15) is 0 Å². The molecule has 1 aromatic heterocycles. The number of aromatic nitrogens is 4. The van der Waals surface area contributed by atoms with E-state index in [-0.39, 0.29) is 11.9 Å². The highest BCUT2D eigenvalue weighted by atomic mass is 16.5. The molecule has 1 amide bonds. The number of rotatable bonds is 6. The second-order valence-corrected chi connectivity index (χ2v) is 6.15. The Morgan fingerprint density at radius 1 is 1.07 bits per heavy atom. The third-order valence-corrected chi connectivity index (χ3v) is 4.01. The van der Waals surface area contributed by atoms with E-state index in [1.807, 2.05) is 19.9 Å². The van der Waals surface area contributed by atoms with Crippen LogP contribution in [-0.4, -0.2) is 40.3 Å². The van der Waals surface area contributed by atoms with Crippen LogP contribution in [-0.2, 0) is 0 Å². The minimum Gasteiger partial charge on any atom is -0.493 e. The van der Waals surface area contributed by atoms with E-state index in [2.05, 4.69) is 20.8 Å². The van der Waals surface area contributed by atoms with Crippen LogP contribution < -0.4 is 14.8 Å². The van der Waals surface area contributed by atoms with Crippen molar-refractivity contribution in [2.45, 2.75) is 19.9 Å². The minimum absolute atomic E-state index is 0.110. The number of carbonyl (C=O) groups excluding carboxylic acids is 1. The van der Waals surface area contributed by atoms with Crippen molar-refractivity contribution in [2.24, 2.45) is 0 Å². The number of hydrogen-bond acceptors (Lipinski definition) is 6. The van der Waals surface area contributed by atoms with Crippen molar-refractivity contribution < 1.29 is 14.3 Å². The average Bonchev–Trinajstić information content (AvgIpc) is 3.18. The summed E-state index contributed by atoms with van der Waals surface area (Å²) in [6, 6.07) is 12.5. The van der Waals surface area contributed by atoms with E-state index in [9.17, 15) is 4.79 Å². The van der Waals surface area contributed by atoms with Crippen LogP contribution in [0.2, 0.25) is 0 Å². The molecule has 0 saturated carbocycles. The average molecular weight is 367 g/mol. The zero-order chi connectivity index (χ0) is 19.4. The number of anilines is 1. The molecule has 3 aromatic rings. The van der Waals surface area contributed by atoms with E-state index < -0.39 is 0 Å². The lowest BCUT2D eigenvalue weighted by Gasteiger charge is -2.11. The third-order valence-electron chi connectivity index (χ3n) is 4.01. The topological polar surface area (TPSA) is 91.2 Å². The number of nitrogens with zero attached hydrogens (tertiary/aromatic N) is 4. The molecule has 0 bridgehead atoms. The Balaban J connectivity index is 1.85. The maximum absolute atomic E-state index is 12.7. The quantitative estimate of drug-likeness (QED) is 0.719. The normalized spacial score (nSPS) is 10.7. The lowest BCUT2D eigenvalue weighted by atomic mass is 10.1. The Morgan fingerprint density at radius 3 is 2.56 bits per heavy atom. The number of methoxy groups -OCH3 is 2. The van der Waals surface area contributed by atoms with Crippen molar-refractivity contribution in [3.63, 3.8) is 0 Å². The highest BCUT2D eigenvalue weighted by Gasteiger charge is 2.14. The number of nitrogens with one attached hydrogen (secondary N) is 1. The number of amides is 1. The first kappa shape index (κ1) is 18.4. The van der Waals surface area contributed by atoms with Crippen molar-refractivity contribution in [3.05, 3.63) is 48.0 Å². The van der Waals surface area contributed by atoms with Gasteiger partial charge in [0.2, 0.25) is 0 Å². The molecular formula is C19H21N5O3. The minimum atomic E-state index is -0.243. The van der Waals surface area contributed by atoms with E-state index >= 15 is 0 Å². The van der Waals surface area contributed by atoms with Crippen LogP contribution in [0, 0.1) is 0 Å². The van der Waals surface area contributed by atoms with E-state index in [4.69, 9.17) is 9.47 Å². The molecule has 0 fully saturated rings. The molecule has 0 atom stereocenters. The van der Waals surface area contributed by atoms with Crippen LogP contribution >= 0.6 is 0 Å². The Bertz CT molecular complexity index is 952. The van der Waals surface area contributed by atoms with Gasteiger partial charge in [0.15, 0.2) is 17.3 Å². The van der Waals surface area contributed by atoms with Gasteiger partial charge >= 0.3 is 0 Å². The molecule has 0 aliphatic heterocycles. The van der Waals surface area contributed by atoms with Gasteiger partial charge in [0.25, 0.3) is 5.91 Å². The molecule has 0 unspecified atom stereocenters. The smallest absolute Gasteiger partial charge is 0.255 e. The monoisotopic (exact) mass is 367 g/mol. The molecule has 2 aromatic carbocycles. The number of tetrazole rings is 1. The number of carbonyl (C=O) groups is 1. The Morgan fingerprint density at radius 2 is 1.85 bits per heavy atom. The first-order valence-electron chi connectivity index (χ1n) is 8.45. The van der Waals surface area contributed by atoms with Crippen LogP contribution in [0.25, 0.3) is 11.4 Å². The maximum atomic E-state index is 12.7. The number of benzene rings is 2. The highest BCUT2D eigenvalue weighted by Crippen LogP contribution is 2.30. The molecule has 1 heterocycles. The molecule has 0 spiro atoms. The first-order valence-corrected chi connectivity index (χ1v) is 8.45. The fourth-order valence-electron chi connectivity index (χ4n) is 2.65. The van der Waals surface area contributed by atoms with Gasteiger partial charge in [-0.1, -0.05) is 12.1 Å². The van der Waals surface area contributed by atoms with Gasteiger partial charge in [-0.25, -0.2) is 4.68 Å². The number of hydrogen-bond donors (Lipinski definition) is 1. The molecule has 0 saturated heterocycles. The van der Waals surface area contributed by atoms with Crippen molar-refractivity contribution in [1.29, 1.82) is 0 Å².